The summed E-state index contributed by atoms with van der Waals surface area (Å²) < 4.78 is 11.2. The molecule has 0 aliphatic rings. The molecular formula is C21H33N5O2. The maximum atomic E-state index is 5.80. The highest BCUT2D eigenvalue weighted by Gasteiger charge is 2.08. The van der Waals surface area contributed by atoms with Crippen LogP contribution < -0.4 is 15.4 Å². The Labute approximate surface area is 168 Å². The zero-order valence-electron chi connectivity index (χ0n) is 17.7. The van der Waals surface area contributed by atoms with Crippen molar-refractivity contribution >= 4 is 5.96 Å². The lowest BCUT2D eigenvalue weighted by atomic mass is 10.1. The van der Waals surface area contributed by atoms with E-state index in [0.29, 0.717) is 25.6 Å². The SMILES string of the molecule is CCNC(=NCc1cccc(OCCN(C)C)c1)NCc1cc(C(C)C)no1. The molecule has 0 radical (unpaired) electrons. The Bertz CT molecular complexity index is 740. The third-order valence-electron chi connectivity index (χ3n) is 4.07. The van der Waals surface area contributed by atoms with Crippen LogP contribution >= 0.6 is 0 Å². The van der Waals surface area contributed by atoms with Crippen molar-refractivity contribution in [3.8, 4) is 5.75 Å². The summed E-state index contributed by atoms with van der Waals surface area (Å²) in [6.45, 7) is 9.68. The Morgan fingerprint density at radius 3 is 2.75 bits per heavy atom. The molecule has 0 atom stereocenters. The van der Waals surface area contributed by atoms with Gasteiger partial charge in [-0.1, -0.05) is 31.1 Å². The predicted molar refractivity (Wildman–Crippen MR) is 113 cm³/mol. The van der Waals surface area contributed by atoms with Crippen LogP contribution in [0.1, 0.15) is 43.7 Å². The molecule has 0 saturated carbocycles. The van der Waals surface area contributed by atoms with Crippen molar-refractivity contribution in [1.29, 1.82) is 0 Å². The van der Waals surface area contributed by atoms with Crippen LogP contribution in [0.2, 0.25) is 0 Å². The minimum atomic E-state index is 0.353. The Morgan fingerprint density at radius 1 is 1.25 bits per heavy atom. The third kappa shape index (κ3) is 7.60. The summed E-state index contributed by atoms with van der Waals surface area (Å²) in [5.74, 6) is 2.76. The van der Waals surface area contributed by atoms with Crippen molar-refractivity contribution < 1.29 is 9.26 Å². The lowest BCUT2D eigenvalue weighted by Crippen LogP contribution is -2.36. The van der Waals surface area contributed by atoms with Gasteiger partial charge < -0.3 is 24.8 Å². The first-order valence-electron chi connectivity index (χ1n) is 9.82. The van der Waals surface area contributed by atoms with Crippen molar-refractivity contribution in [3.05, 3.63) is 47.3 Å². The van der Waals surface area contributed by atoms with Crippen molar-refractivity contribution in [2.24, 2.45) is 4.99 Å². The smallest absolute Gasteiger partial charge is 0.191 e. The summed E-state index contributed by atoms with van der Waals surface area (Å²) in [4.78, 5) is 6.76. The number of aliphatic imine (C=N–C) groups is 1. The van der Waals surface area contributed by atoms with E-state index in [1.165, 1.54) is 0 Å². The van der Waals surface area contributed by atoms with E-state index in [4.69, 9.17) is 9.26 Å². The van der Waals surface area contributed by atoms with E-state index in [-0.39, 0.29) is 0 Å². The van der Waals surface area contributed by atoms with Gasteiger partial charge in [-0.25, -0.2) is 4.99 Å². The van der Waals surface area contributed by atoms with Gasteiger partial charge in [-0.2, -0.15) is 0 Å². The van der Waals surface area contributed by atoms with E-state index in [1.807, 2.05) is 45.3 Å². The van der Waals surface area contributed by atoms with E-state index in [0.717, 1.165) is 41.8 Å². The first kappa shape index (κ1) is 21.8. The van der Waals surface area contributed by atoms with E-state index < -0.39 is 0 Å². The highest BCUT2D eigenvalue weighted by atomic mass is 16.5. The number of rotatable bonds is 10. The van der Waals surface area contributed by atoms with Gasteiger partial charge in [0.15, 0.2) is 11.7 Å². The molecule has 0 saturated heterocycles. The summed E-state index contributed by atoms with van der Waals surface area (Å²) in [7, 11) is 4.07. The van der Waals surface area contributed by atoms with Crippen LogP contribution in [0.15, 0.2) is 39.8 Å². The molecule has 0 bridgehead atoms. The molecule has 0 aliphatic carbocycles. The van der Waals surface area contributed by atoms with Gasteiger partial charge in [-0.3, -0.25) is 0 Å². The van der Waals surface area contributed by atoms with E-state index in [9.17, 15) is 0 Å². The van der Waals surface area contributed by atoms with Crippen molar-refractivity contribution in [3.63, 3.8) is 0 Å². The van der Waals surface area contributed by atoms with Crippen LogP contribution in [0.5, 0.6) is 5.75 Å². The Balaban J connectivity index is 1.92. The van der Waals surface area contributed by atoms with Gasteiger partial charge in [0, 0.05) is 19.2 Å². The number of guanidine groups is 1. The van der Waals surface area contributed by atoms with Crippen LogP contribution in [-0.4, -0.2) is 49.8 Å². The second kappa shape index (κ2) is 11.3. The lowest BCUT2D eigenvalue weighted by Gasteiger charge is -2.12. The molecule has 1 aromatic heterocycles. The number of benzene rings is 1. The Morgan fingerprint density at radius 2 is 2.07 bits per heavy atom. The molecule has 1 heterocycles. The number of ether oxygens (including phenoxy) is 1. The van der Waals surface area contributed by atoms with Crippen LogP contribution in [-0.2, 0) is 13.1 Å². The van der Waals surface area contributed by atoms with Gasteiger partial charge in [-0.05, 0) is 44.6 Å². The fourth-order valence-electron chi connectivity index (χ4n) is 2.45. The van der Waals surface area contributed by atoms with Gasteiger partial charge in [0.25, 0.3) is 0 Å². The molecular weight excluding hydrogens is 354 g/mol. The van der Waals surface area contributed by atoms with Gasteiger partial charge in [0.2, 0.25) is 0 Å². The molecule has 0 aliphatic heterocycles. The average Bonchev–Trinajstić information content (AvgIpc) is 3.13. The van der Waals surface area contributed by atoms with Gasteiger partial charge in [-0.15, -0.1) is 0 Å². The summed E-state index contributed by atoms with van der Waals surface area (Å²) in [6, 6.07) is 10.0. The normalized spacial score (nSPS) is 11.9. The molecule has 7 heteroatoms. The molecule has 28 heavy (non-hydrogen) atoms. The largest absolute Gasteiger partial charge is 0.492 e. The molecule has 2 aromatic rings. The first-order valence-corrected chi connectivity index (χ1v) is 9.82. The maximum Gasteiger partial charge on any atom is 0.191 e. The summed E-state index contributed by atoms with van der Waals surface area (Å²) in [5.41, 5.74) is 2.06. The minimum Gasteiger partial charge on any atom is -0.492 e. The van der Waals surface area contributed by atoms with Crippen LogP contribution in [0.4, 0.5) is 0 Å². The van der Waals surface area contributed by atoms with Crippen LogP contribution in [0, 0.1) is 0 Å². The van der Waals surface area contributed by atoms with Crippen LogP contribution in [0.25, 0.3) is 0 Å². The van der Waals surface area contributed by atoms with E-state index in [2.05, 4.69) is 45.6 Å². The predicted octanol–water partition coefficient (Wildman–Crippen LogP) is 2.99. The maximum absolute atomic E-state index is 5.80. The van der Waals surface area contributed by atoms with E-state index in [1.54, 1.807) is 0 Å². The molecule has 0 fully saturated rings. The molecule has 0 amide bonds. The van der Waals surface area contributed by atoms with Crippen molar-refractivity contribution in [2.75, 3.05) is 33.8 Å². The number of hydrogen-bond acceptors (Lipinski definition) is 5. The molecule has 0 spiro atoms. The second-order valence-corrected chi connectivity index (χ2v) is 7.22. The number of hydrogen-bond donors (Lipinski definition) is 2. The van der Waals surface area contributed by atoms with Crippen LogP contribution in [0.3, 0.4) is 0 Å². The van der Waals surface area contributed by atoms with Gasteiger partial charge in [0.1, 0.15) is 12.4 Å². The monoisotopic (exact) mass is 387 g/mol. The highest BCUT2D eigenvalue weighted by Crippen LogP contribution is 2.15. The minimum absolute atomic E-state index is 0.353. The number of likely N-dealkylation sites (N-methyl/N-ethyl adjacent to an activating group) is 1. The summed E-state index contributed by atoms with van der Waals surface area (Å²) >= 11 is 0. The third-order valence-corrected chi connectivity index (χ3v) is 4.07. The summed E-state index contributed by atoms with van der Waals surface area (Å²) in [5, 5.41) is 10.6. The fraction of sp³-hybridized carbons (Fsp3) is 0.524. The molecule has 1 aromatic carbocycles. The van der Waals surface area contributed by atoms with Crippen molar-refractivity contribution in [1.82, 2.24) is 20.7 Å². The molecule has 154 valence electrons. The molecule has 2 N–H and O–H groups in total. The quantitative estimate of drug-likeness (QED) is 0.482. The number of nitrogens with one attached hydrogen (secondary N) is 2. The standard InChI is InChI=1S/C21H33N5O2/c1-6-22-21(24-15-19-13-20(16(2)3)25-28-19)23-14-17-8-7-9-18(12-17)27-11-10-26(4)5/h7-9,12-13,16H,6,10-11,14-15H2,1-5H3,(H2,22,23,24). The fourth-order valence-corrected chi connectivity index (χ4v) is 2.45. The lowest BCUT2D eigenvalue weighted by molar-refractivity contribution is 0.261. The Hall–Kier alpha value is -2.54. The zero-order chi connectivity index (χ0) is 20.4. The average molecular weight is 388 g/mol. The highest BCUT2D eigenvalue weighted by molar-refractivity contribution is 5.79. The molecule has 7 nitrogen and oxygen atoms in total. The van der Waals surface area contributed by atoms with E-state index >= 15 is 0 Å². The number of aromatic nitrogens is 1. The molecule has 0 unspecified atom stereocenters. The first-order chi connectivity index (χ1) is 13.5. The number of nitrogens with zero attached hydrogens (tertiary/aromatic N) is 3. The van der Waals surface area contributed by atoms with Gasteiger partial charge in [0.05, 0.1) is 18.8 Å². The second-order valence-electron chi connectivity index (χ2n) is 7.22. The molecule has 2 rings (SSSR count). The summed E-state index contributed by atoms with van der Waals surface area (Å²) in [6.07, 6.45) is 0. The Kier molecular flexibility index (Phi) is 8.81. The van der Waals surface area contributed by atoms with Gasteiger partial charge >= 0.3 is 0 Å². The zero-order valence-corrected chi connectivity index (χ0v) is 17.7. The topological polar surface area (TPSA) is 74.9 Å². The van der Waals surface area contributed by atoms with Crippen molar-refractivity contribution in [2.45, 2.75) is 39.8 Å².